The van der Waals surface area contributed by atoms with Crippen LogP contribution in [0, 0.1) is 0 Å². The number of rotatable bonds is 5. The molecule has 138 valence electrons. The number of carbonyl (C=O) groups is 1. The van der Waals surface area contributed by atoms with Crippen molar-refractivity contribution in [3.63, 3.8) is 0 Å². The maximum atomic E-state index is 12.5. The van der Waals surface area contributed by atoms with Gasteiger partial charge in [0.05, 0.1) is 17.3 Å². The number of hydrogen-bond acceptors (Lipinski definition) is 5. The Balaban J connectivity index is 1.64. The van der Waals surface area contributed by atoms with E-state index >= 15 is 0 Å². The number of pyridine rings is 1. The van der Waals surface area contributed by atoms with Crippen molar-refractivity contribution in [1.29, 1.82) is 0 Å². The van der Waals surface area contributed by atoms with Crippen molar-refractivity contribution < 1.29 is 27.5 Å². The predicted octanol–water partition coefficient (Wildman–Crippen LogP) is 4.50. The standard InChI is InChI=1S/C18H12F3N3O3/c19-18(20,21)13-5-8-16(22-9-13)24-23-10-14-6-7-15(27-14)11-1-3-12(4-2-11)17(25)26/h1-10H,(H,22,24)(H,25,26)/b23-10-. The van der Waals surface area contributed by atoms with E-state index in [4.69, 9.17) is 9.52 Å². The number of benzene rings is 1. The number of carboxylic acids is 1. The SMILES string of the molecule is O=C(O)c1ccc(-c2ccc(/C=N\Nc3ccc(C(F)(F)F)cn3)o2)cc1. The van der Waals surface area contributed by atoms with E-state index in [9.17, 15) is 18.0 Å². The third-order valence-electron chi connectivity index (χ3n) is 3.50. The molecule has 0 amide bonds. The van der Waals surface area contributed by atoms with Gasteiger partial charge in [0.15, 0.2) is 0 Å². The minimum atomic E-state index is -4.44. The summed E-state index contributed by atoms with van der Waals surface area (Å²) in [4.78, 5) is 14.5. The van der Waals surface area contributed by atoms with Crippen LogP contribution in [-0.4, -0.2) is 22.3 Å². The molecule has 0 aliphatic rings. The van der Waals surface area contributed by atoms with Crippen molar-refractivity contribution in [3.05, 3.63) is 71.6 Å². The summed E-state index contributed by atoms with van der Waals surface area (Å²) in [5.74, 6) is 0.0415. The number of aromatic nitrogens is 1. The van der Waals surface area contributed by atoms with Crippen molar-refractivity contribution in [2.45, 2.75) is 6.18 Å². The van der Waals surface area contributed by atoms with E-state index in [2.05, 4.69) is 15.5 Å². The third kappa shape index (κ3) is 4.51. The summed E-state index contributed by atoms with van der Waals surface area (Å²) in [6.45, 7) is 0. The van der Waals surface area contributed by atoms with Gasteiger partial charge in [-0.15, -0.1) is 0 Å². The highest BCUT2D eigenvalue weighted by Crippen LogP contribution is 2.28. The van der Waals surface area contributed by atoms with Gasteiger partial charge in [-0.3, -0.25) is 5.43 Å². The molecule has 0 saturated heterocycles. The Kier molecular flexibility index (Phi) is 4.93. The van der Waals surface area contributed by atoms with Crippen molar-refractivity contribution >= 4 is 18.0 Å². The molecule has 2 heterocycles. The van der Waals surface area contributed by atoms with Gasteiger partial charge in [0.1, 0.15) is 17.3 Å². The predicted molar refractivity (Wildman–Crippen MR) is 91.6 cm³/mol. The largest absolute Gasteiger partial charge is 0.478 e. The van der Waals surface area contributed by atoms with Crippen LogP contribution in [0.4, 0.5) is 19.0 Å². The van der Waals surface area contributed by atoms with Crippen molar-refractivity contribution in [2.75, 3.05) is 5.43 Å². The minimum Gasteiger partial charge on any atom is -0.478 e. The second-order valence-corrected chi connectivity index (χ2v) is 5.38. The number of hydrogen-bond donors (Lipinski definition) is 2. The Hall–Kier alpha value is -3.62. The molecule has 3 rings (SSSR count). The molecule has 1 aromatic carbocycles. The van der Waals surface area contributed by atoms with E-state index in [-0.39, 0.29) is 11.4 Å². The number of carboxylic acid groups (broad SMARTS) is 1. The highest BCUT2D eigenvalue weighted by atomic mass is 19.4. The molecule has 2 N–H and O–H groups in total. The van der Waals surface area contributed by atoms with Gasteiger partial charge in [-0.2, -0.15) is 18.3 Å². The quantitative estimate of drug-likeness (QED) is 0.506. The lowest BCUT2D eigenvalue weighted by atomic mass is 10.1. The Labute approximate surface area is 151 Å². The van der Waals surface area contributed by atoms with Gasteiger partial charge in [0.25, 0.3) is 0 Å². The molecule has 0 aliphatic carbocycles. The highest BCUT2D eigenvalue weighted by molar-refractivity contribution is 5.88. The number of nitrogens with zero attached hydrogens (tertiary/aromatic N) is 2. The molecule has 0 radical (unpaired) electrons. The molecule has 3 aromatic rings. The molecule has 0 atom stereocenters. The lowest BCUT2D eigenvalue weighted by molar-refractivity contribution is -0.137. The van der Waals surface area contributed by atoms with E-state index in [1.165, 1.54) is 18.3 Å². The Morgan fingerprint density at radius 2 is 1.85 bits per heavy atom. The summed E-state index contributed by atoms with van der Waals surface area (Å²) in [6.07, 6.45) is -2.39. The number of halogens is 3. The van der Waals surface area contributed by atoms with Gasteiger partial charge in [0.2, 0.25) is 0 Å². The lowest BCUT2D eigenvalue weighted by Crippen LogP contribution is -2.05. The molecule has 0 spiro atoms. The number of alkyl halides is 3. The molecule has 9 heteroatoms. The fraction of sp³-hybridized carbons (Fsp3) is 0.0556. The van der Waals surface area contributed by atoms with Gasteiger partial charge in [-0.05, 0) is 36.4 Å². The first-order valence-corrected chi connectivity index (χ1v) is 7.59. The number of aromatic carboxylic acids is 1. The normalized spacial score (nSPS) is 11.7. The topological polar surface area (TPSA) is 87.7 Å². The summed E-state index contributed by atoms with van der Waals surface area (Å²) in [7, 11) is 0. The average molecular weight is 375 g/mol. The molecule has 0 saturated carbocycles. The van der Waals surface area contributed by atoms with Crippen LogP contribution in [0.1, 0.15) is 21.7 Å². The van der Waals surface area contributed by atoms with Crippen LogP contribution in [0.5, 0.6) is 0 Å². The summed E-state index contributed by atoms with van der Waals surface area (Å²) < 4.78 is 43.0. The Morgan fingerprint density at radius 1 is 1.11 bits per heavy atom. The number of hydrazone groups is 1. The van der Waals surface area contributed by atoms with Crippen LogP contribution in [0.3, 0.4) is 0 Å². The first kappa shape index (κ1) is 18.2. The summed E-state index contributed by atoms with van der Waals surface area (Å²) in [6, 6.07) is 11.6. The summed E-state index contributed by atoms with van der Waals surface area (Å²) in [5.41, 5.74) is 2.52. The van der Waals surface area contributed by atoms with Crippen molar-refractivity contribution in [1.82, 2.24) is 4.98 Å². The first-order valence-electron chi connectivity index (χ1n) is 7.59. The van der Waals surface area contributed by atoms with E-state index in [1.54, 1.807) is 24.3 Å². The zero-order valence-corrected chi connectivity index (χ0v) is 13.6. The van der Waals surface area contributed by atoms with Crippen molar-refractivity contribution in [3.8, 4) is 11.3 Å². The highest BCUT2D eigenvalue weighted by Gasteiger charge is 2.30. The van der Waals surface area contributed by atoms with Gasteiger partial charge in [-0.25, -0.2) is 9.78 Å². The fourth-order valence-electron chi connectivity index (χ4n) is 2.14. The Morgan fingerprint density at radius 3 is 2.44 bits per heavy atom. The van der Waals surface area contributed by atoms with Gasteiger partial charge >= 0.3 is 12.1 Å². The zero-order valence-electron chi connectivity index (χ0n) is 13.6. The third-order valence-corrected chi connectivity index (χ3v) is 3.50. The molecular weight excluding hydrogens is 363 g/mol. The van der Waals surface area contributed by atoms with Crippen LogP contribution in [0.15, 0.2) is 64.2 Å². The van der Waals surface area contributed by atoms with Crippen LogP contribution >= 0.6 is 0 Å². The summed E-state index contributed by atoms with van der Waals surface area (Å²) >= 11 is 0. The zero-order chi connectivity index (χ0) is 19.4. The number of anilines is 1. The van der Waals surface area contributed by atoms with Gasteiger partial charge < -0.3 is 9.52 Å². The van der Waals surface area contributed by atoms with Gasteiger partial charge in [0, 0.05) is 11.8 Å². The molecular formula is C18H12F3N3O3. The molecule has 0 fully saturated rings. The maximum Gasteiger partial charge on any atom is 0.417 e. The van der Waals surface area contributed by atoms with Crippen LogP contribution in [0.25, 0.3) is 11.3 Å². The number of nitrogens with one attached hydrogen (secondary N) is 1. The van der Waals surface area contributed by atoms with Crippen LogP contribution in [0.2, 0.25) is 0 Å². The molecule has 2 aromatic heterocycles. The molecule has 0 unspecified atom stereocenters. The lowest BCUT2D eigenvalue weighted by Gasteiger charge is -2.06. The van der Waals surface area contributed by atoms with Gasteiger partial charge in [-0.1, -0.05) is 12.1 Å². The fourth-order valence-corrected chi connectivity index (χ4v) is 2.14. The Bertz CT molecular complexity index is 962. The molecule has 0 aliphatic heterocycles. The van der Waals surface area contributed by atoms with Crippen molar-refractivity contribution in [2.24, 2.45) is 5.10 Å². The second-order valence-electron chi connectivity index (χ2n) is 5.38. The minimum absolute atomic E-state index is 0.148. The van der Waals surface area contributed by atoms with Crippen LogP contribution in [-0.2, 0) is 6.18 Å². The van der Waals surface area contributed by atoms with Crippen LogP contribution < -0.4 is 5.43 Å². The molecule has 27 heavy (non-hydrogen) atoms. The number of furan rings is 1. The van der Waals surface area contributed by atoms with E-state index in [0.29, 0.717) is 23.3 Å². The van der Waals surface area contributed by atoms with E-state index in [0.717, 1.165) is 12.1 Å². The average Bonchev–Trinajstić information content (AvgIpc) is 3.10. The van der Waals surface area contributed by atoms with E-state index < -0.39 is 17.7 Å². The second kappa shape index (κ2) is 7.32. The van der Waals surface area contributed by atoms with E-state index in [1.807, 2.05) is 0 Å². The first-order chi connectivity index (χ1) is 12.8. The molecule has 6 nitrogen and oxygen atoms in total. The molecule has 0 bridgehead atoms. The maximum absolute atomic E-state index is 12.5. The summed E-state index contributed by atoms with van der Waals surface area (Å²) in [5, 5.41) is 12.7. The monoisotopic (exact) mass is 375 g/mol. The smallest absolute Gasteiger partial charge is 0.417 e.